The maximum Gasteiger partial charge on any atom is 0.277 e. The standard InChI is InChI=1S/C18H17ClN4O3S/c1-23(9-10-25-15-6-4-14(19)5-7-15)16(24)12-27-18-22-21-17(26-18)13-3-2-8-20-11-13/h2-8,11H,9-10,12H2,1H3. The summed E-state index contributed by atoms with van der Waals surface area (Å²) in [5, 5.41) is 8.90. The van der Waals surface area contributed by atoms with Gasteiger partial charge >= 0.3 is 0 Å². The second kappa shape index (κ2) is 9.38. The van der Waals surface area contributed by atoms with Gasteiger partial charge in [0.25, 0.3) is 5.22 Å². The van der Waals surface area contributed by atoms with Gasteiger partial charge in [-0.15, -0.1) is 10.2 Å². The van der Waals surface area contributed by atoms with Crippen LogP contribution in [0.1, 0.15) is 0 Å². The van der Waals surface area contributed by atoms with Crippen LogP contribution in [0.15, 0.2) is 58.4 Å². The van der Waals surface area contributed by atoms with Gasteiger partial charge in [0.2, 0.25) is 11.8 Å². The summed E-state index contributed by atoms with van der Waals surface area (Å²) in [6, 6.07) is 10.7. The molecule has 27 heavy (non-hydrogen) atoms. The van der Waals surface area contributed by atoms with E-state index in [1.165, 1.54) is 11.8 Å². The van der Waals surface area contributed by atoms with Gasteiger partial charge in [0, 0.05) is 24.5 Å². The van der Waals surface area contributed by atoms with Crippen molar-refractivity contribution in [2.24, 2.45) is 0 Å². The zero-order chi connectivity index (χ0) is 19.1. The molecule has 140 valence electrons. The average molecular weight is 405 g/mol. The first-order valence-electron chi connectivity index (χ1n) is 8.11. The van der Waals surface area contributed by atoms with Gasteiger partial charge in [0.1, 0.15) is 12.4 Å². The van der Waals surface area contributed by atoms with Crippen molar-refractivity contribution in [2.45, 2.75) is 5.22 Å². The van der Waals surface area contributed by atoms with Gasteiger partial charge in [0.05, 0.1) is 17.9 Å². The van der Waals surface area contributed by atoms with Crippen LogP contribution in [0.5, 0.6) is 5.75 Å². The molecule has 3 rings (SSSR count). The van der Waals surface area contributed by atoms with E-state index in [0.717, 1.165) is 5.56 Å². The molecule has 7 nitrogen and oxygen atoms in total. The maximum atomic E-state index is 12.2. The molecule has 0 N–H and O–H groups in total. The molecule has 0 radical (unpaired) electrons. The molecule has 0 fully saturated rings. The molecule has 0 aliphatic heterocycles. The largest absolute Gasteiger partial charge is 0.492 e. The van der Waals surface area contributed by atoms with E-state index >= 15 is 0 Å². The number of likely N-dealkylation sites (N-methyl/N-ethyl adjacent to an activating group) is 1. The fourth-order valence-electron chi connectivity index (χ4n) is 2.06. The molecular weight excluding hydrogens is 388 g/mol. The lowest BCUT2D eigenvalue weighted by atomic mass is 10.3. The van der Waals surface area contributed by atoms with Crippen LogP contribution in [0.2, 0.25) is 5.02 Å². The number of aromatic nitrogens is 3. The zero-order valence-electron chi connectivity index (χ0n) is 14.5. The average Bonchev–Trinajstić information content (AvgIpc) is 3.17. The molecule has 0 atom stereocenters. The van der Waals surface area contributed by atoms with Gasteiger partial charge in [-0.2, -0.15) is 0 Å². The van der Waals surface area contributed by atoms with E-state index in [1.807, 2.05) is 6.07 Å². The van der Waals surface area contributed by atoms with Crippen molar-refractivity contribution in [3.05, 3.63) is 53.8 Å². The number of carbonyl (C=O) groups is 1. The molecule has 0 aliphatic carbocycles. The van der Waals surface area contributed by atoms with Crippen molar-refractivity contribution in [1.29, 1.82) is 0 Å². The first-order chi connectivity index (χ1) is 13.1. The summed E-state index contributed by atoms with van der Waals surface area (Å²) < 4.78 is 11.1. The number of hydrogen-bond donors (Lipinski definition) is 0. The lowest BCUT2D eigenvalue weighted by Crippen LogP contribution is -2.32. The van der Waals surface area contributed by atoms with Crippen LogP contribution in [0.4, 0.5) is 0 Å². The van der Waals surface area contributed by atoms with E-state index in [-0.39, 0.29) is 11.7 Å². The summed E-state index contributed by atoms with van der Waals surface area (Å²) in [4.78, 5) is 17.8. The highest BCUT2D eigenvalue weighted by Crippen LogP contribution is 2.22. The molecule has 0 saturated carbocycles. The van der Waals surface area contributed by atoms with Crippen LogP contribution in [-0.4, -0.2) is 51.9 Å². The number of carbonyl (C=O) groups excluding carboxylic acids is 1. The van der Waals surface area contributed by atoms with Crippen LogP contribution in [0, 0.1) is 0 Å². The van der Waals surface area contributed by atoms with Crippen LogP contribution in [-0.2, 0) is 4.79 Å². The van der Waals surface area contributed by atoms with E-state index in [1.54, 1.807) is 54.7 Å². The fourth-order valence-corrected chi connectivity index (χ4v) is 2.89. The first kappa shape index (κ1) is 19.2. The Bertz CT molecular complexity index is 874. The Morgan fingerprint density at radius 1 is 1.26 bits per heavy atom. The van der Waals surface area contributed by atoms with Crippen molar-refractivity contribution >= 4 is 29.3 Å². The molecule has 0 unspecified atom stereocenters. The summed E-state index contributed by atoms with van der Waals surface area (Å²) in [7, 11) is 1.73. The maximum absolute atomic E-state index is 12.2. The predicted molar refractivity (Wildman–Crippen MR) is 103 cm³/mol. The van der Waals surface area contributed by atoms with Gasteiger partial charge in [-0.05, 0) is 36.4 Å². The molecule has 9 heteroatoms. The van der Waals surface area contributed by atoms with Crippen molar-refractivity contribution in [3.8, 4) is 17.2 Å². The van der Waals surface area contributed by atoms with Gasteiger partial charge in [-0.1, -0.05) is 23.4 Å². The first-order valence-corrected chi connectivity index (χ1v) is 9.47. The van der Waals surface area contributed by atoms with E-state index in [4.69, 9.17) is 20.8 Å². The highest BCUT2D eigenvalue weighted by atomic mass is 35.5. The highest BCUT2D eigenvalue weighted by Gasteiger charge is 2.14. The Balaban J connectivity index is 1.42. The third kappa shape index (κ3) is 5.70. The molecule has 3 aromatic rings. The molecule has 1 amide bonds. The fraction of sp³-hybridized carbons (Fsp3) is 0.222. The number of rotatable bonds is 8. The molecule has 0 spiro atoms. The third-order valence-corrected chi connectivity index (χ3v) is 4.62. The van der Waals surface area contributed by atoms with Crippen LogP contribution < -0.4 is 4.74 Å². The second-order valence-corrected chi connectivity index (χ2v) is 6.88. The highest BCUT2D eigenvalue weighted by molar-refractivity contribution is 7.99. The Labute approximate surface area is 165 Å². The van der Waals surface area contributed by atoms with Gasteiger partial charge in [0.15, 0.2) is 0 Å². The van der Waals surface area contributed by atoms with Gasteiger partial charge in [-0.3, -0.25) is 9.78 Å². The van der Waals surface area contributed by atoms with Gasteiger partial charge < -0.3 is 14.1 Å². The van der Waals surface area contributed by atoms with Crippen molar-refractivity contribution < 1.29 is 13.9 Å². The normalized spacial score (nSPS) is 10.6. The SMILES string of the molecule is CN(CCOc1ccc(Cl)cc1)C(=O)CSc1nnc(-c2cccnc2)o1. The number of hydrogen-bond acceptors (Lipinski definition) is 7. The number of ether oxygens (including phenoxy) is 1. The Morgan fingerprint density at radius 3 is 2.81 bits per heavy atom. The lowest BCUT2D eigenvalue weighted by molar-refractivity contribution is -0.127. The summed E-state index contributed by atoms with van der Waals surface area (Å²) in [6.45, 7) is 0.854. The van der Waals surface area contributed by atoms with E-state index in [2.05, 4.69) is 15.2 Å². The lowest BCUT2D eigenvalue weighted by Gasteiger charge is -2.16. The monoisotopic (exact) mass is 404 g/mol. The van der Waals surface area contributed by atoms with Crippen molar-refractivity contribution in [2.75, 3.05) is 26.0 Å². The number of pyridine rings is 1. The quantitative estimate of drug-likeness (QED) is 0.532. The Hall–Kier alpha value is -2.58. The third-order valence-electron chi connectivity index (χ3n) is 3.57. The van der Waals surface area contributed by atoms with Crippen molar-refractivity contribution in [1.82, 2.24) is 20.1 Å². The van der Waals surface area contributed by atoms with Crippen molar-refractivity contribution in [3.63, 3.8) is 0 Å². The van der Waals surface area contributed by atoms with Crippen LogP contribution >= 0.6 is 23.4 Å². The van der Waals surface area contributed by atoms with E-state index < -0.39 is 0 Å². The summed E-state index contributed by atoms with van der Waals surface area (Å²) in [5.41, 5.74) is 0.736. The topological polar surface area (TPSA) is 81.4 Å². The van der Waals surface area contributed by atoms with E-state index in [9.17, 15) is 4.79 Å². The number of thioether (sulfide) groups is 1. The Kier molecular flexibility index (Phi) is 6.67. The zero-order valence-corrected chi connectivity index (χ0v) is 16.1. The van der Waals surface area contributed by atoms with Crippen LogP contribution in [0.25, 0.3) is 11.5 Å². The molecule has 0 saturated heterocycles. The molecule has 0 aliphatic rings. The summed E-state index contributed by atoms with van der Waals surface area (Å²) >= 11 is 7.02. The molecule has 2 aromatic heterocycles. The van der Waals surface area contributed by atoms with Crippen LogP contribution in [0.3, 0.4) is 0 Å². The summed E-state index contributed by atoms with van der Waals surface area (Å²) in [5.74, 6) is 1.23. The molecular formula is C18H17ClN4O3S. The number of halogens is 1. The smallest absolute Gasteiger partial charge is 0.277 e. The minimum atomic E-state index is -0.0548. The summed E-state index contributed by atoms with van der Waals surface area (Å²) in [6.07, 6.45) is 3.31. The molecule has 0 bridgehead atoms. The Morgan fingerprint density at radius 2 is 2.07 bits per heavy atom. The van der Waals surface area contributed by atoms with E-state index in [0.29, 0.717) is 35.0 Å². The van der Waals surface area contributed by atoms with Gasteiger partial charge in [-0.25, -0.2) is 0 Å². The predicted octanol–water partition coefficient (Wildman–Crippen LogP) is 3.41. The minimum absolute atomic E-state index is 0.0548. The molecule has 1 aromatic carbocycles. The number of amides is 1. The number of benzene rings is 1. The molecule has 2 heterocycles. The number of nitrogens with zero attached hydrogens (tertiary/aromatic N) is 4. The minimum Gasteiger partial charge on any atom is -0.492 e. The second-order valence-electron chi connectivity index (χ2n) is 5.52.